The summed E-state index contributed by atoms with van der Waals surface area (Å²) < 4.78 is 2.32. The van der Waals surface area contributed by atoms with Gasteiger partial charge in [0.1, 0.15) is 0 Å². The molecule has 4 aromatic heterocycles. The summed E-state index contributed by atoms with van der Waals surface area (Å²) in [6, 6.07) is 55.6. The van der Waals surface area contributed by atoms with Crippen LogP contribution in [-0.2, 0) is 0 Å². The van der Waals surface area contributed by atoms with Gasteiger partial charge in [0.25, 0.3) is 0 Å². The predicted octanol–water partition coefficient (Wildman–Crippen LogP) is 11.3. The number of para-hydroxylation sites is 1. The first kappa shape index (κ1) is 28.6. The third kappa shape index (κ3) is 5.35. The molecule has 0 N–H and O–H groups in total. The number of hydrogen-bond acceptors (Lipinski definition) is 3. The van der Waals surface area contributed by atoms with E-state index in [1.54, 1.807) is 6.20 Å². The van der Waals surface area contributed by atoms with E-state index in [4.69, 9.17) is 4.98 Å². The first-order valence-electron chi connectivity index (χ1n) is 16.4. The van der Waals surface area contributed by atoms with Crippen LogP contribution in [0.1, 0.15) is 0 Å². The van der Waals surface area contributed by atoms with Crippen LogP contribution in [0.15, 0.2) is 183 Å². The number of aromatic nitrogens is 4. The maximum Gasteiger partial charge on any atom is 0.0731 e. The smallest absolute Gasteiger partial charge is 0.0731 e. The molecule has 9 aromatic rings. The Morgan fingerprint density at radius 1 is 0.347 bits per heavy atom. The summed E-state index contributed by atoms with van der Waals surface area (Å²) in [6.45, 7) is 0. The minimum Gasteiger partial charge on any atom is -0.309 e. The fourth-order valence-corrected chi connectivity index (χ4v) is 6.75. The van der Waals surface area contributed by atoms with E-state index in [-0.39, 0.29) is 0 Å². The van der Waals surface area contributed by atoms with Crippen LogP contribution < -0.4 is 0 Å². The number of pyridine rings is 3. The molecule has 0 fully saturated rings. The third-order valence-corrected chi connectivity index (χ3v) is 9.18. The lowest BCUT2D eigenvalue weighted by Gasteiger charge is -2.12. The lowest BCUT2D eigenvalue weighted by molar-refractivity contribution is 1.17. The predicted molar refractivity (Wildman–Crippen MR) is 201 cm³/mol. The summed E-state index contributed by atoms with van der Waals surface area (Å²) in [5, 5.41) is 2.33. The van der Waals surface area contributed by atoms with Gasteiger partial charge in [-0.1, -0.05) is 97.1 Å². The molecule has 0 saturated heterocycles. The van der Waals surface area contributed by atoms with Crippen molar-refractivity contribution < 1.29 is 0 Å². The maximum atomic E-state index is 5.13. The zero-order valence-electron chi connectivity index (χ0n) is 26.6. The van der Waals surface area contributed by atoms with E-state index < -0.39 is 0 Å². The molecule has 0 aliphatic heterocycles. The monoisotopic (exact) mass is 626 g/mol. The fraction of sp³-hybridized carbons (Fsp3) is 0. The Labute approximate surface area is 284 Å². The molecule has 0 radical (unpaired) electrons. The van der Waals surface area contributed by atoms with Crippen molar-refractivity contribution in [1.82, 2.24) is 19.5 Å². The lowest BCUT2D eigenvalue weighted by atomic mass is 9.96. The minimum absolute atomic E-state index is 0.892. The Morgan fingerprint density at radius 2 is 0.939 bits per heavy atom. The topological polar surface area (TPSA) is 43.6 Å². The molecule has 0 spiro atoms. The highest BCUT2D eigenvalue weighted by Crippen LogP contribution is 2.36. The zero-order valence-corrected chi connectivity index (χ0v) is 26.6. The highest BCUT2D eigenvalue weighted by atomic mass is 15.0. The summed E-state index contributed by atoms with van der Waals surface area (Å²) in [7, 11) is 0. The molecule has 0 bridgehead atoms. The second-order valence-electron chi connectivity index (χ2n) is 12.2. The average Bonchev–Trinajstić information content (AvgIpc) is 3.52. The molecule has 0 saturated carbocycles. The van der Waals surface area contributed by atoms with Gasteiger partial charge in [-0.25, -0.2) is 4.98 Å². The molecule has 0 unspecified atom stereocenters. The van der Waals surface area contributed by atoms with Crippen LogP contribution in [0.2, 0.25) is 0 Å². The first-order valence-corrected chi connectivity index (χ1v) is 16.4. The molecule has 49 heavy (non-hydrogen) atoms. The molecule has 4 heteroatoms. The van der Waals surface area contributed by atoms with Crippen LogP contribution in [-0.4, -0.2) is 19.5 Å². The quantitative estimate of drug-likeness (QED) is 0.184. The van der Waals surface area contributed by atoms with Crippen molar-refractivity contribution in [3.63, 3.8) is 0 Å². The van der Waals surface area contributed by atoms with Crippen molar-refractivity contribution >= 4 is 21.8 Å². The normalized spacial score (nSPS) is 11.3. The van der Waals surface area contributed by atoms with Crippen LogP contribution in [0, 0.1) is 0 Å². The van der Waals surface area contributed by atoms with E-state index in [0.29, 0.717) is 0 Å². The Hall–Kier alpha value is -6.65. The van der Waals surface area contributed by atoms with Gasteiger partial charge in [0.2, 0.25) is 0 Å². The lowest BCUT2D eigenvalue weighted by Crippen LogP contribution is -1.93. The molecule has 0 aliphatic rings. The molecule has 4 heterocycles. The molecule has 9 rings (SSSR count). The van der Waals surface area contributed by atoms with Crippen molar-refractivity contribution in [3.8, 4) is 61.6 Å². The SMILES string of the molecule is c1ccc(-c2cccc(-c3cc(-c4ccc(-c5ccc6c(c5)c5cnccc5n6-c5ccccc5)cc4)cc(-c4cccnc4)n3)c2)cc1. The van der Waals surface area contributed by atoms with E-state index in [2.05, 4.69) is 160 Å². The van der Waals surface area contributed by atoms with E-state index >= 15 is 0 Å². The number of rotatable bonds is 6. The Morgan fingerprint density at radius 3 is 1.71 bits per heavy atom. The minimum atomic E-state index is 0.892. The maximum absolute atomic E-state index is 5.13. The summed E-state index contributed by atoms with van der Waals surface area (Å²) in [5.41, 5.74) is 14.2. The van der Waals surface area contributed by atoms with Crippen molar-refractivity contribution in [2.45, 2.75) is 0 Å². The van der Waals surface area contributed by atoms with Crippen LogP contribution in [0.4, 0.5) is 0 Å². The van der Waals surface area contributed by atoms with Gasteiger partial charge in [-0.15, -0.1) is 0 Å². The van der Waals surface area contributed by atoms with E-state index in [9.17, 15) is 0 Å². The highest BCUT2D eigenvalue weighted by Gasteiger charge is 2.14. The number of hydrogen-bond donors (Lipinski definition) is 0. The second kappa shape index (κ2) is 12.2. The van der Waals surface area contributed by atoms with Crippen LogP contribution in [0.5, 0.6) is 0 Å². The molecule has 0 amide bonds. The van der Waals surface area contributed by atoms with E-state index in [0.717, 1.165) is 66.9 Å². The summed E-state index contributed by atoms with van der Waals surface area (Å²) in [5.74, 6) is 0. The number of fused-ring (bicyclic) bond motifs is 3. The van der Waals surface area contributed by atoms with Crippen molar-refractivity contribution in [2.24, 2.45) is 0 Å². The van der Waals surface area contributed by atoms with Crippen molar-refractivity contribution in [1.29, 1.82) is 0 Å². The van der Waals surface area contributed by atoms with Gasteiger partial charge in [-0.3, -0.25) is 9.97 Å². The van der Waals surface area contributed by atoms with Crippen molar-refractivity contribution in [2.75, 3.05) is 0 Å². The fourth-order valence-electron chi connectivity index (χ4n) is 6.75. The number of nitrogens with zero attached hydrogens (tertiary/aromatic N) is 4. The zero-order chi connectivity index (χ0) is 32.6. The van der Waals surface area contributed by atoms with Gasteiger partial charge < -0.3 is 4.57 Å². The summed E-state index contributed by atoms with van der Waals surface area (Å²) in [6.07, 6.45) is 7.51. The first-order chi connectivity index (χ1) is 24.3. The van der Waals surface area contributed by atoms with Gasteiger partial charge in [-0.05, 0) is 94.0 Å². The molecule has 5 aromatic carbocycles. The van der Waals surface area contributed by atoms with Crippen molar-refractivity contribution in [3.05, 3.63) is 183 Å². The Kier molecular flexibility index (Phi) is 7.10. The summed E-state index contributed by atoms with van der Waals surface area (Å²) in [4.78, 5) is 14.0. The molecular weight excluding hydrogens is 597 g/mol. The molecular formula is C45H30N4. The van der Waals surface area contributed by atoms with Gasteiger partial charge in [0, 0.05) is 52.4 Å². The third-order valence-electron chi connectivity index (χ3n) is 9.18. The standard InChI is InChI=1S/C45H30N4/c1-3-9-31(10-4-1)34-11-7-12-36(25-34)42-27-38(28-43(48-42)37-13-8-23-46-29-37)33-18-16-32(17-19-33)35-20-21-44-40(26-35)41-30-47-24-22-45(41)49(44)39-14-5-2-6-15-39/h1-30H. The second-order valence-corrected chi connectivity index (χ2v) is 12.2. The van der Waals surface area contributed by atoms with Gasteiger partial charge in [-0.2, -0.15) is 0 Å². The Balaban J connectivity index is 1.12. The summed E-state index contributed by atoms with van der Waals surface area (Å²) >= 11 is 0. The van der Waals surface area contributed by atoms with Gasteiger partial charge in [0.05, 0.1) is 22.4 Å². The van der Waals surface area contributed by atoms with E-state index in [1.165, 1.54) is 16.5 Å². The van der Waals surface area contributed by atoms with Gasteiger partial charge in [0.15, 0.2) is 0 Å². The van der Waals surface area contributed by atoms with Crippen LogP contribution in [0.25, 0.3) is 83.4 Å². The molecule has 230 valence electrons. The largest absolute Gasteiger partial charge is 0.309 e. The molecule has 0 aliphatic carbocycles. The van der Waals surface area contributed by atoms with E-state index in [1.807, 2.05) is 30.7 Å². The van der Waals surface area contributed by atoms with Crippen LogP contribution >= 0.6 is 0 Å². The molecule has 4 nitrogen and oxygen atoms in total. The Bertz CT molecular complexity index is 2570. The average molecular weight is 627 g/mol. The number of benzene rings is 5. The van der Waals surface area contributed by atoms with Crippen LogP contribution in [0.3, 0.4) is 0 Å². The molecule has 0 atom stereocenters. The van der Waals surface area contributed by atoms with Gasteiger partial charge >= 0.3 is 0 Å². The highest BCUT2D eigenvalue weighted by molar-refractivity contribution is 6.10.